The van der Waals surface area contributed by atoms with Gasteiger partial charge in [0.05, 0.1) is 0 Å². The molecular formula is C14H10F3NO4S. The smallest absolute Gasteiger partial charge is 0.375 e. The fourth-order valence-electron chi connectivity index (χ4n) is 1.86. The van der Waals surface area contributed by atoms with E-state index in [1.165, 1.54) is 42.5 Å². The monoisotopic (exact) mass is 345 g/mol. The van der Waals surface area contributed by atoms with Crippen LogP contribution in [0.15, 0.2) is 48.5 Å². The van der Waals surface area contributed by atoms with Crippen LogP contribution in [0.5, 0.6) is 5.75 Å². The lowest BCUT2D eigenvalue weighted by Crippen LogP contribution is -2.28. The maximum absolute atomic E-state index is 12.5. The van der Waals surface area contributed by atoms with Crippen molar-refractivity contribution in [3.63, 3.8) is 0 Å². The summed E-state index contributed by atoms with van der Waals surface area (Å²) in [4.78, 5) is 11.4. The van der Waals surface area contributed by atoms with Crippen molar-refractivity contribution in [1.82, 2.24) is 0 Å². The van der Waals surface area contributed by atoms with E-state index in [1.807, 2.05) is 0 Å². The summed E-state index contributed by atoms with van der Waals surface area (Å²) in [7, 11) is -5.83. The van der Waals surface area contributed by atoms with Crippen LogP contribution in [0.3, 0.4) is 0 Å². The fourth-order valence-corrected chi connectivity index (χ4v) is 2.34. The highest BCUT2D eigenvalue weighted by Crippen LogP contribution is 2.35. The topological polar surface area (TPSA) is 86.5 Å². The van der Waals surface area contributed by atoms with Crippen LogP contribution in [0, 0.1) is 0 Å². The average molecular weight is 345 g/mol. The Balaban J connectivity index is 2.59. The van der Waals surface area contributed by atoms with Gasteiger partial charge in [-0.25, -0.2) is 0 Å². The lowest BCUT2D eigenvalue weighted by Gasteiger charge is -2.14. The molecule has 0 aliphatic heterocycles. The molecule has 0 fully saturated rings. The summed E-state index contributed by atoms with van der Waals surface area (Å²) < 4.78 is 64.0. The van der Waals surface area contributed by atoms with Crippen LogP contribution >= 0.6 is 0 Å². The first-order chi connectivity index (χ1) is 10.6. The average Bonchev–Trinajstić information content (AvgIpc) is 2.46. The number of nitrogens with two attached hydrogens (primary N) is 1. The molecule has 0 aromatic heterocycles. The molecule has 0 bridgehead atoms. The highest BCUT2D eigenvalue weighted by Gasteiger charge is 2.48. The molecule has 9 heteroatoms. The minimum absolute atomic E-state index is 0.00488. The quantitative estimate of drug-likeness (QED) is 0.682. The third-order valence-corrected chi connectivity index (χ3v) is 3.82. The minimum atomic E-state index is -5.83. The molecule has 0 saturated heterocycles. The molecule has 0 saturated carbocycles. The number of carbonyl (C=O) groups excluding carboxylic acids is 1. The van der Waals surface area contributed by atoms with Crippen molar-refractivity contribution in [3.05, 3.63) is 54.1 Å². The molecule has 0 aliphatic rings. The Hall–Kier alpha value is -2.55. The van der Waals surface area contributed by atoms with Gasteiger partial charge in [0.25, 0.3) is 0 Å². The van der Waals surface area contributed by atoms with Crippen LogP contribution in [-0.2, 0) is 10.1 Å². The standard InChI is InChI=1S/C14H10F3NO4S/c15-14(16,17)23(20,21)22-12-8-4-3-6-10(12)9-5-1-2-7-11(9)13(18)19/h1-8H,(H2,18,19). The van der Waals surface area contributed by atoms with Crippen molar-refractivity contribution >= 4 is 16.0 Å². The zero-order chi connectivity index (χ0) is 17.3. The third-order valence-electron chi connectivity index (χ3n) is 2.85. The SMILES string of the molecule is NC(=O)c1ccccc1-c1ccccc1OS(=O)(=O)C(F)(F)F. The van der Waals surface area contributed by atoms with Gasteiger partial charge in [0, 0.05) is 11.1 Å². The molecule has 23 heavy (non-hydrogen) atoms. The van der Waals surface area contributed by atoms with E-state index in [2.05, 4.69) is 4.18 Å². The Morgan fingerprint density at radius 1 is 0.957 bits per heavy atom. The Morgan fingerprint density at radius 3 is 2.04 bits per heavy atom. The van der Waals surface area contributed by atoms with Gasteiger partial charge in [-0.1, -0.05) is 36.4 Å². The summed E-state index contributed by atoms with van der Waals surface area (Å²) in [6.45, 7) is 0. The highest BCUT2D eigenvalue weighted by atomic mass is 32.2. The third kappa shape index (κ3) is 3.45. The Bertz CT molecular complexity index is 847. The van der Waals surface area contributed by atoms with E-state index < -0.39 is 27.3 Å². The first-order valence-electron chi connectivity index (χ1n) is 6.12. The largest absolute Gasteiger partial charge is 0.534 e. The van der Waals surface area contributed by atoms with Gasteiger partial charge in [0.2, 0.25) is 5.91 Å². The maximum atomic E-state index is 12.5. The van der Waals surface area contributed by atoms with E-state index in [4.69, 9.17) is 5.73 Å². The van der Waals surface area contributed by atoms with E-state index in [1.54, 1.807) is 0 Å². The van der Waals surface area contributed by atoms with Crippen molar-refractivity contribution < 1.29 is 30.6 Å². The summed E-state index contributed by atoms with van der Waals surface area (Å²) in [5.74, 6) is -1.37. The van der Waals surface area contributed by atoms with E-state index in [-0.39, 0.29) is 16.7 Å². The zero-order valence-electron chi connectivity index (χ0n) is 11.4. The van der Waals surface area contributed by atoms with E-state index in [9.17, 15) is 26.4 Å². The van der Waals surface area contributed by atoms with Crippen LogP contribution in [0.2, 0.25) is 0 Å². The molecule has 0 spiro atoms. The van der Waals surface area contributed by atoms with E-state index in [0.29, 0.717) is 0 Å². The molecular weight excluding hydrogens is 335 g/mol. The molecule has 0 unspecified atom stereocenters. The molecule has 2 rings (SSSR count). The van der Waals surface area contributed by atoms with Crippen molar-refractivity contribution in [2.45, 2.75) is 5.51 Å². The van der Waals surface area contributed by atoms with Gasteiger partial charge < -0.3 is 9.92 Å². The second-order valence-corrected chi connectivity index (χ2v) is 5.93. The molecule has 5 nitrogen and oxygen atoms in total. The highest BCUT2D eigenvalue weighted by molar-refractivity contribution is 7.88. The van der Waals surface area contributed by atoms with Gasteiger partial charge in [0.1, 0.15) is 0 Å². The first kappa shape index (κ1) is 16.8. The number of amides is 1. The van der Waals surface area contributed by atoms with Crippen LogP contribution < -0.4 is 9.92 Å². The number of carbonyl (C=O) groups is 1. The van der Waals surface area contributed by atoms with Gasteiger partial charge in [-0.05, 0) is 17.7 Å². The molecule has 0 heterocycles. The number of hydrogen-bond donors (Lipinski definition) is 1. The first-order valence-corrected chi connectivity index (χ1v) is 7.53. The van der Waals surface area contributed by atoms with Gasteiger partial charge in [-0.3, -0.25) is 4.79 Å². The van der Waals surface area contributed by atoms with Crippen molar-refractivity contribution in [3.8, 4) is 16.9 Å². The number of primary amides is 1. The van der Waals surface area contributed by atoms with Crippen molar-refractivity contribution in [1.29, 1.82) is 0 Å². The summed E-state index contributed by atoms with van der Waals surface area (Å²) in [5.41, 5.74) is -0.169. The van der Waals surface area contributed by atoms with Crippen LogP contribution in [-0.4, -0.2) is 19.8 Å². The number of benzene rings is 2. The van der Waals surface area contributed by atoms with Crippen LogP contribution in [0.1, 0.15) is 10.4 Å². The van der Waals surface area contributed by atoms with Gasteiger partial charge >= 0.3 is 15.6 Å². The number of rotatable bonds is 4. The summed E-state index contributed by atoms with van der Waals surface area (Å²) in [6, 6.07) is 11.0. The van der Waals surface area contributed by atoms with E-state index in [0.717, 1.165) is 6.07 Å². The molecule has 0 aliphatic carbocycles. The molecule has 122 valence electrons. The Morgan fingerprint density at radius 2 is 1.48 bits per heavy atom. The summed E-state index contributed by atoms with van der Waals surface area (Å²) in [5, 5.41) is 0. The fraction of sp³-hybridized carbons (Fsp3) is 0.0714. The lowest BCUT2D eigenvalue weighted by molar-refractivity contribution is -0.0499. The number of para-hydroxylation sites is 1. The second kappa shape index (κ2) is 5.92. The summed E-state index contributed by atoms with van der Waals surface area (Å²) >= 11 is 0. The summed E-state index contributed by atoms with van der Waals surface area (Å²) in [6.07, 6.45) is 0. The second-order valence-electron chi connectivity index (χ2n) is 4.39. The van der Waals surface area contributed by atoms with Crippen LogP contribution in [0.25, 0.3) is 11.1 Å². The maximum Gasteiger partial charge on any atom is 0.534 e. The number of hydrogen-bond acceptors (Lipinski definition) is 4. The molecule has 0 radical (unpaired) electrons. The van der Waals surface area contributed by atoms with Crippen molar-refractivity contribution in [2.75, 3.05) is 0 Å². The Labute approximate surface area is 129 Å². The van der Waals surface area contributed by atoms with Gasteiger partial charge in [-0.2, -0.15) is 21.6 Å². The predicted molar refractivity (Wildman–Crippen MR) is 76.0 cm³/mol. The Kier molecular flexibility index (Phi) is 4.33. The molecule has 2 aromatic rings. The normalized spacial score (nSPS) is 12.0. The van der Waals surface area contributed by atoms with Gasteiger partial charge in [-0.15, -0.1) is 0 Å². The zero-order valence-corrected chi connectivity index (χ0v) is 12.2. The minimum Gasteiger partial charge on any atom is -0.375 e. The van der Waals surface area contributed by atoms with Gasteiger partial charge in [0.15, 0.2) is 5.75 Å². The van der Waals surface area contributed by atoms with Crippen LogP contribution in [0.4, 0.5) is 13.2 Å². The molecule has 2 N–H and O–H groups in total. The molecule has 0 atom stereocenters. The number of alkyl halides is 3. The predicted octanol–water partition coefficient (Wildman–Crippen LogP) is 2.68. The number of halogens is 3. The molecule has 1 amide bonds. The van der Waals surface area contributed by atoms with E-state index >= 15 is 0 Å². The molecule has 2 aromatic carbocycles. The van der Waals surface area contributed by atoms with Crippen molar-refractivity contribution in [2.24, 2.45) is 5.73 Å². The lowest BCUT2D eigenvalue weighted by atomic mass is 9.98.